The van der Waals surface area contributed by atoms with E-state index >= 15 is 0 Å². The van der Waals surface area contributed by atoms with E-state index in [1.807, 2.05) is 0 Å². The van der Waals surface area contributed by atoms with Crippen molar-refractivity contribution < 1.29 is 9.59 Å². The van der Waals surface area contributed by atoms with E-state index in [-0.39, 0.29) is 12.5 Å². The van der Waals surface area contributed by atoms with Crippen molar-refractivity contribution in [3.63, 3.8) is 0 Å². The maximum absolute atomic E-state index is 11.3. The lowest BCUT2D eigenvalue weighted by Gasteiger charge is -2.20. The molecule has 0 spiro atoms. The summed E-state index contributed by atoms with van der Waals surface area (Å²) in [6.07, 6.45) is 2.14. The van der Waals surface area contributed by atoms with Crippen LogP contribution in [0.15, 0.2) is 0 Å². The second-order valence-electron chi connectivity index (χ2n) is 3.84. The first kappa shape index (κ1) is 11.0. The SMILES string of the molecule is CC(C(N)=O)N(C)CC(=O)NC1CC1. The fraction of sp³-hybridized carbons (Fsp3) is 0.778. The normalized spacial score (nSPS) is 17.9. The van der Waals surface area contributed by atoms with Crippen molar-refractivity contribution >= 4 is 11.8 Å². The first-order chi connectivity index (χ1) is 6.50. The minimum Gasteiger partial charge on any atom is -0.368 e. The lowest BCUT2D eigenvalue weighted by atomic mass is 10.3. The summed E-state index contributed by atoms with van der Waals surface area (Å²) in [6, 6.07) is -0.0419. The first-order valence-corrected chi connectivity index (χ1v) is 4.79. The number of amides is 2. The smallest absolute Gasteiger partial charge is 0.234 e. The molecule has 0 aromatic rings. The fourth-order valence-electron chi connectivity index (χ4n) is 1.08. The molecule has 0 aromatic heterocycles. The Labute approximate surface area is 83.6 Å². The number of hydrogen-bond donors (Lipinski definition) is 2. The molecule has 1 rings (SSSR count). The summed E-state index contributed by atoms with van der Waals surface area (Å²) in [4.78, 5) is 23.8. The van der Waals surface area contributed by atoms with Crippen LogP contribution >= 0.6 is 0 Å². The van der Waals surface area contributed by atoms with Gasteiger partial charge in [-0.25, -0.2) is 0 Å². The lowest BCUT2D eigenvalue weighted by Crippen LogP contribution is -2.45. The molecule has 1 saturated carbocycles. The molecular weight excluding hydrogens is 182 g/mol. The van der Waals surface area contributed by atoms with Crippen molar-refractivity contribution in [2.45, 2.75) is 31.8 Å². The molecule has 0 aromatic carbocycles. The summed E-state index contributed by atoms with van der Waals surface area (Å²) in [7, 11) is 1.71. The molecule has 1 atom stereocenters. The van der Waals surface area contributed by atoms with E-state index in [4.69, 9.17) is 5.73 Å². The summed E-state index contributed by atoms with van der Waals surface area (Å²) in [6.45, 7) is 1.91. The van der Waals surface area contributed by atoms with Crippen LogP contribution in [0.4, 0.5) is 0 Å². The molecule has 0 saturated heterocycles. The van der Waals surface area contributed by atoms with Gasteiger partial charge in [-0.3, -0.25) is 14.5 Å². The molecule has 14 heavy (non-hydrogen) atoms. The highest BCUT2D eigenvalue weighted by Crippen LogP contribution is 2.18. The topological polar surface area (TPSA) is 75.4 Å². The largest absolute Gasteiger partial charge is 0.368 e. The summed E-state index contributed by atoms with van der Waals surface area (Å²) >= 11 is 0. The predicted octanol–water partition coefficient (Wildman–Crippen LogP) is -0.929. The summed E-state index contributed by atoms with van der Waals surface area (Å²) in [5.41, 5.74) is 5.11. The summed E-state index contributed by atoms with van der Waals surface area (Å²) in [5, 5.41) is 2.85. The minimum absolute atomic E-state index is 0.0388. The van der Waals surface area contributed by atoms with Crippen LogP contribution in [0.5, 0.6) is 0 Å². The van der Waals surface area contributed by atoms with E-state index in [9.17, 15) is 9.59 Å². The predicted molar refractivity (Wildman–Crippen MR) is 52.5 cm³/mol. The van der Waals surface area contributed by atoms with Crippen molar-refractivity contribution in [2.24, 2.45) is 5.73 Å². The molecule has 1 aliphatic rings. The molecule has 2 amide bonds. The van der Waals surface area contributed by atoms with Crippen molar-refractivity contribution in [2.75, 3.05) is 13.6 Å². The van der Waals surface area contributed by atoms with Crippen LogP contribution in [-0.2, 0) is 9.59 Å². The minimum atomic E-state index is -0.410. The monoisotopic (exact) mass is 199 g/mol. The number of primary amides is 1. The van der Waals surface area contributed by atoms with Gasteiger partial charge in [-0.05, 0) is 26.8 Å². The number of carbonyl (C=O) groups is 2. The Morgan fingerprint density at radius 2 is 2.14 bits per heavy atom. The molecule has 80 valence electrons. The summed E-state index contributed by atoms with van der Waals surface area (Å²) in [5.74, 6) is -0.449. The average molecular weight is 199 g/mol. The van der Waals surface area contributed by atoms with Gasteiger partial charge in [0.25, 0.3) is 0 Å². The van der Waals surface area contributed by atoms with Gasteiger partial charge in [0.15, 0.2) is 0 Å². The van der Waals surface area contributed by atoms with E-state index in [0.717, 1.165) is 12.8 Å². The quantitative estimate of drug-likeness (QED) is 0.600. The third-order valence-electron chi connectivity index (χ3n) is 2.41. The van der Waals surface area contributed by atoms with Crippen LogP contribution < -0.4 is 11.1 Å². The van der Waals surface area contributed by atoms with Crippen LogP contribution in [0.2, 0.25) is 0 Å². The molecule has 3 N–H and O–H groups in total. The number of nitrogens with zero attached hydrogens (tertiary/aromatic N) is 1. The zero-order valence-electron chi connectivity index (χ0n) is 8.62. The molecule has 0 aliphatic heterocycles. The maximum atomic E-state index is 11.3. The van der Waals surface area contributed by atoms with E-state index in [0.29, 0.717) is 6.04 Å². The van der Waals surface area contributed by atoms with Gasteiger partial charge in [-0.1, -0.05) is 0 Å². The highest BCUT2D eigenvalue weighted by Gasteiger charge is 2.24. The van der Waals surface area contributed by atoms with Gasteiger partial charge in [-0.15, -0.1) is 0 Å². The fourth-order valence-corrected chi connectivity index (χ4v) is 1.08. The Morgan fingerprint density at radius 1 is 1.57 bits per heavy atom. The molecule has 5 heteroatoms. The van der Waals surface area contributed by atoms with Gasteiger partial charge in [0.2, 0.25) is 11.8 Å². The van der Waals surface area contributed by atoms with E-state index in [1.54, 1.807) is 18.9 Å². The van der Waals surface area contributed by atoms with Gasteiger partial charge < -0.3 is 11.1 Å². The van der Waals surface area contributed by atoms with E-state index < -0.39 is 11.9 Å². The van der Waals surface area contributed by atoms with Gasteiger partial charge in [0.05, 0.1) is 12.6 Å². The molecule has 0 heterocycles. The van der Waals surface area contributed by atoms with Crippen LogP contribution in [-0.4, -0.2) is 42.4 Å². The zero-order chi connectivity index (χ0) is 10.7. The summed E-state index contributed by atoms with van der Waals surface area (Å²) < 4.78 is 0. The Hall–Kier alpha value is -1.10. The van der Waals surface area contributed by atoms with Gasteiger partial charge in [0, 0.05) is 6.04 Å². The molecule has 5 nitrogen and oxygen atoms in total. The maximum Gasteiger partial charge on any atom is 0.234 e. The van der Waals surface area contributed by atoms with Crippen LogP contribution in [0, 0.1) is 0 Å². The van der Waals surface area contributed by atoms with Crippen LogP contribution in [0.3, 0.4) is 0 Å². The molecular formula is C9H17N3O2. The van der Waals surface area contributed by atoms with Crippen molar-refractivity contribution in [3.8, 4) is 0 Å². The van der Waals surface area contributed by atoms with Gasteiger partial charge >= 0.3 is 0 Å². The second-order valence-corrected chi connectivity index (χ2v) is 3.84. The number of likely N-dealkylation sites (N-methyl/N-ethyl adjacent to an activating group) is 1. The number of hydrogen-bond acceptors (Lipinski definition) is 3. The highest BCUT2D eigenvalue weighted by molar-refractivity contribution is 5.82. The average Bonchev–Trinajstić information content (AvgIpc) is 2.86. The lowest BCUT2D eigenvalue weighted by molar-refractivity contribution is -0.125. The van der Waals surface area contributed by atoms with Crippen molar-refractivity contribution in [3.05, 3.63) is 0 Å². The third-order valence-corrected chi connectivity index (χ3v) is 2.41. The zero-order valence-corrected chi connectivity index (χ0v) is 8.62. The molecule has 1 unspecified atom stereocenters. The standard InChI is InChI=1S/C9H17N3O2/c1-6(9(10)14)12(2)5-8(13)11-7-3-4-7/h6-7H,3-5H2,1-2H3,(H2,10,14)(H,11,13). The van der Waals surface area contributed by atoms with Crippen molar-refractivity contribution in [1.82, 2.24) is 10.2 Å². The Morgan fingerprint density at radius 3 is 2.57 bits per heavy atom. The van der Waals surface area contributed by atoms with Gasteiger partial charge in [0.1, 0.15) is 0 Å². The molecule has 1 fully saturated rings. The first-order valence-electron chi connectivity index (χ1n) is 4.79. The highest BCUT2D eigenvalue weighted by atomic mass is 16.2. The Balaban J connectivity index is 2.27. The van der Waals surface area contributed by atoms with Crippen LogP contribution in [0.1, 0.15) is 19.8 Å². The number of carbonyl (C=O) groups excluding carboxylic acids is 2. The number of rotatable bonds is 5. The molecule has 0 bridgehead atoms. The molecule has 1 aliphatic carbocycles. The second kappa shape index (κ2) is 4.41. The third kappa shape index (κ3) is 3.33. The van der Waals surface area contributed by atoms with Crippen molar-refractivity contribution in [1.29, 1.82) is 0 Å². The Kier molecular flexibility index (Phi) is 3.46. The number of nitrogens with one attached hydrogen (secondary N) is 1. The van der Waals surface area contributed by atoms with E-state index in [1.165, 1.54) is 0 Å². The Bertz CT molecular complexity index is 238. The van der Waals surface area contributed by atoms with E-state index in [2.05, 4.69) is 5.32 Å². The number of nitrogens with two attached hydrogens (primary N) is 1. The molecule has 0 radical (unpaired) electrons. The van der Waals surface area contributed by atoms with Crippen LogP contribution in [0.25, 0.3) is 0 Å². The van der Waals surface area contributed by atoms with Gasteiger partial charge in [-0.2, -0.15) is 0 Å².